The zero-order valence-corrected chi connectivity index (χ0v) is 12.1. The van der Waals surface area contributed by atoms with Crippen LogP contribution in [0.25, 0.3) is 11.3 Å². The van der Waals surface area contributed by atoms with Crippen molar-refractivity contribution in [3.8, 4) is 11.3 Å². The van der Waals surface area contributed by atoms with Gasteiger partial charge in [0.2, 0.25) is 5.91 Å². The van der Waals surface area contributed by atoms with Gasteiger partial charge in [0, 0.05) is 31.8 Å². The summed E-state index contributed by atoms with van der Waals surface area (Å²) in [6.45, 7) is 2.11. The summed E-state index contributed by atoms with van der Waals surface area (Å²) in [6, 6.07) is 7.40. The fourth-order valence-corrected chi connectivity index (χ4v) is 1.90. The van der Waals surface area contributed by atoms with Gasteiger partial charge in [0.1, 0.15) is 12.0 Å². The van der Waals surface area contributed by atoms with Crippen LogP contribution in [0.15, 0.2) is 34.9 Å². The summed E-state index contributed by atoms with van der Waals surface area (Å²) >= 11 is 0. The number of methoxy groups -OCH3 is 1. The maximum atomic E-state index is 11.8. The van der Waals surface area contributed by atoms with Crippen LogP contribution in [0, 0.1) is 6.92 Å². The van der Waals surface area contributed by atoms with Crippen LogP contribution in [0.2, 0.25) is 0 Å². The van der Waals surface area contributed by atoms with Crippen LogP contribution in [-0.2, 0) is 9.53 Å². The predicted octanol–water partition coefficient (Wildman–Crippen LogP) is 1.95. The van der Waals surface area contributed by atoms with Crippen LogP contribution in [0.3, 0.4) is 0 Å². The second kappa shape index (κ2) is 7.01. The minimum Gasteiger partial charge on any atom is -0.449 e. The summed E-state index contributed by atoms with van der Waals surface area (Å²) in [7, 11) is 1.54. The van der Waals surface area contributed by atoms with Gasteiger partial charge in [0.15, 0.2) is 5.89 Å². The van der Waals surface area contributed by atoms with Crippen LogP contribution in [-0.4, -0.2) is 30.6 Å². The summed E-state index contributed by atoms with van der Waals surface area (Å²) in [5.74, 6) is 0.493. The molecule has 2 rings (SSSR count). The number of hydrogen-bond donors (Lipinski definition) is 2. The molecule has 0 aliphatic carbocycles. The Hall–Kier alpha value is -2.18. The van der Waals surface area contributed by atoms with Crippen LogP contribution in [0.4, 0.5) is 5.69 Å². The van der Waals surface area contributed by atoms with Gasteiger partial charge in [-0.05, 0) is 12.1 Å². The van der Waals surface area contributed by atoms with Crippen LogP contribution >= 0.6 is 0 Å². The molecule has 1 heterocycles. The minimum atomic E-state index is -0.262. The number of nitrogens with zero attached hydrogens (tertiary/aromatic N) is 1. The zero-order valence-electron chi connectivity index (χ0n) is 12.1. The Morgan fingerprint density at radius 2 is 2.14 bits per heavy atom. The quantitative estimate of drug-likeness (QED) is 0.848. The standard InChI is InChI=1S/C15H19N3O3/c1-10-17-14(9-21-10)11-3-5-12(6-4-11)18-15(19)7-13(8-16)20-2/h3-6,9,13H,7-8,16H2,1-2H3,(H,18,19). The fraction of sp³-hybridized carbons (Fsp3) is 0.333. The van der Waals surface area contributed by atoms with Gasteiger partial charge in [0.25, 0.3) is 0 Å². The number of rotatable bonds is 6. The van der Waals surface area contributed by atoms with Crippen molar-refractivity contribution in [2.75, 3.05) is 19.0 Å². The average molecular weight is 289 g/mol. The Labute approximate surface area is 123 Å². The van der Waals surface area contributed by atoms with Crippen molar-refractivity contribution < 1.29 is 13.9 Å². The number of aromatic nitrogens is 1. The molecule has 0 saturated carbocycles. The molecule has 112 valence electrons. The molecule has 0 fully saturated rings. The lowest BCUT2D eigenvalue weighted by Crippen LogP contribution is -2.28. The Morgan fingerprint density at radius 3 is 2.67 bits per heavy atom. The van der Waals surface area contributed by atoms with E-state index in [9.17, 15) is 4.79 Å². The van der Waals surface area contributed by atoms with Gasteiger partial charge in [-0.15, -0.1) is 0 Å². The molecule has 1 unspecified atom stereocenters. The van der Waals surface area contributed by atoms with Gasteiger partial charge in [-0.1, -0.05) is 12.1 Å². The number of amides is 1. The van der Waals surface area contributed by atoms with Gasteiger partial charge in [-0.3, -0.25) is 4.79 Å². The lowest BCUT2D eigenvalue weighted by molar-refractivity contribution is -0.118. The molecule has 0 aliphatic heterocycles. The van der Waals surface area contributed by atoms with Crippen LogP contribution in [0.5, 0.6) is 0 Å². The number of benzene rings is 1. The average Bonchev–Trinajstić information content (AvgIpc) is 2.92. The first-order chi connectivity index (χ1) is 10.1. The third-order valence-electron chi connectivity index (χ3n) is 3.09. The molecule has 0 aliphatic rings. The maximum Gasteiger partial charge on any atom is 0.227 e. The highest BCUT2D eigenvalue weighted by Gasteiger charge is 2.11. The molecule has 6 heteroatoms. The van der Waals surface area contributed by atoms with Gasteiger partial charge in [-0.2, -0.15) is 0 Å². The van der Waals surface area contributed by atoms with Crippen molar-refractivity contribution in [3.63, 3.8) is 0 Å². The fourth-order valence-electron chi connectivity index (χ4n) is 1.90. The molecule has 0 radical (unpaired) electrons. The molecular weight excluding hydrogens is 270 g/mol. The number of carbonyl (C=O) groups is 1. The van der Waals surface area contributed by atoms with E-state index in [2.05, 4.69) is 10.3 Å². The molecule has 6 nitrogen and oxygen atoms in total. The number of nitrogens with two attached hydrogens (primary N) is 1. The number of carbonyl (C=O) groups excluding carboxylic acids is 1. The molecular formula is C15H19N3O3. The van der Waals surface area contributed by atoms with E-state index in [-0.39, 0.29) is 18.4 Å². The zero-order chi connectivity index (χ0) is 15.2. The molecule has 3 N–H and O–H groups in total. The molecule has 1 amide bonds. The molecule has 1 aromatic carbocycles. The van der Waals surface area contributed by atoms with Gasteiger partial charge in [0.05, 0.1) is 12.5 Å². The number of ether oxygens (including phenoxy) is 1. The predicted molar refractivity (Wildman–Crippen MR) is 79.8 cm³/mol. The monoisotopic (exact) mass is 289 g/mol. The second-order valence-electron chi connectivity index (χ2n) is 4.67. The Bertz CT molecular complexity index is 588. The molecule has 1 aromatic heterocycles. The van der Waals surface area contributed by atoms with Crippen molar-refractivity contribution in [2.24, 2.45) is 5.73 Å². The third kappa shape index (κ3) is 4.14. The second-order valence-corrected chi connectivity index (χ2v) is 4.67. The van der Waals surface area contributed by atoms with E-state index in [0.717, 1.165) is 16.9 Å². The summed E-state index contributed by atoms with van der Waals surface area (Å²) in [4.78, 5) is 16.1. The molecule has 0 saturated heterocycles. The maximum absolute atomic E-state index is 11.8. The van der Waals surface area contributed by atoms with Crippen LogP contribution in [0.1, 0.15) is 12.3 Å². The topological polar surface area (TPSA) is 90.4 Å². The van der Waals surface area contributed by atoms with E-state index in [4.69, 9.17) is 14.9 Å². The van der Waals surface area contributed by atoms with E-state index in [1.807, 2.05) is 24.3 Å². The highest BCUT2D eigenvalue weighted by atomic mass is 16.5. The summed E-state index contributed by atoms with van der Waals surface area (Å²) in [5, 5.41) is 2.81. The molecule has 1 atom stereocenters. The van der Waals surface area contributed by atoms with E-state index in [1.54, 1.807) is 20.3 Å². The summed E-state index contributed by atoms with van der Waals surface area (Å²) in [6.07, 6.45) is 1.58. The summed E-state index contributed by atoms with van der Waals surface area (Å²) in [5.41, 5.74) is 7.91. The van der Waals surface area contributed by atoms with Crippen molar-refractivity contribution in [2.45, 2.75) is 19.4 Å². The van der Waals surface area contributed by atoms with E-state index < -0.39 is 0 Å². The Balaban J connectivity index is 1.98. The number of aryl methyl sites for hydroxylation is 1. The SMILES string of the molecule is COC(CN)CC(=O)Nc1ccc(-c2coc(C)n2)cc1. The lowest BCUT2D eigenvalue weighted by atomic mass is 10.1. The first-order valence-electron chi connectivity index (χ1n) is 6.67. The van der Waals surface area contributed by atoms with E-state index >= 15 is 0 Å². The highest BCUT2D eigenvalue weighted by Crippen LogP contribution is 2.20. The smallest absolute Gasteiger partial charge is 0.227 e. The van der Waals surface area contributed by atoms with Crippen molar-refractivity contribution in [1.82, 2.24) is 4.98 Å². The molecule has 0 bridgehead atoms. The van der Waals surface area contributed by atoms with Crippen molar-refractivity contribution in [1.29, 1.82) is 0 Å². The van der Waals surface area contributed by atoms with Crippen molar-refractivity contribution in [3.05, 3.63) is 36.4 Å². The Morgan fingerprint density at radius 1 is 1.43 bits per heavy atom. The Kier molecular flexibility index (Phi) is 5.08. The number of anilines is 1. The number of nitrogens with one attached hydrogen (secondary N) is 1. The first kappa shape index (κ1) is 15.2. The third-order valence-corrected chi connectivity index (χ3v) is 3.09. The lowest BCUT2D eigenvalue weighted by Gasteiger charge is -2.12. The molecule has 2 aromatic rings. The minimum absolute atomic E-state index is 0.127. The molecule has 0 spiro atoms. The summed E-state index contributed by atoms with van der Waals surface area (Å²) < 4.78 is 10.3. The largest absolute Gasteiger partial charge is 0.449 e. The van der Waals surface area contributed by atoms with Gasteiger partial charge in [-0.25, -0.2) is 4.98 Å². The number of hydrogen-bond acceptors (Lipinski definition) is 5. The van der Waals surface area contributed by atoms with E-state index in [0.29, 0.717) is 12.4 Å². The highest BCUT2D eigenvalue weighted by molar-refractivity contribution is 5.91. The molecule has 21 heavy (non-hydrogen) atoms. The first-order valence-corrected chi connectivity index (χ1v) is 6.67. The normalized spacial score (nSPS) is 12.1. The van der Waals surface area contributed by atoms with Crippen LogP contribution < -0.4 is 11.1 Å². The van der Waals surface area contributed by atoms with Gasteiger partial charge >= 0.3 is 0 Å². The van der Waals surface area contributed by atoms with Gasteiger partial charge < -0.3 is 20.2 Å². The number of oxazole rings is 1. The van der Waals surface area contributed by atoms with E-state index in [1.165, 1.54) is 0 Å². The van der Waals surface area contributed by atoms with Crippen molar-refractivity contribution >= 4 is 11.6 Å².